The summed E-state index contributed by atoms with van der Waals surface area (Å²) in [4.78, 5) is 15.3. The van der Waals surface area contributed by atoms with Gasteiger partial charge in [-0.3, -0.25) is 4.99 Å². The van der Waals surface area contributed by atoms with Crippen LogP contribution in [0.5, 0.6) is 0 Å². The van der Waals surface area contributed by atoms with Gasteiger partial charge in [0, 0.05) is 5.56 Å². The highest BCUT2D eigenvalue weighted by Crippen LogP contribution is 2.26. The molecule has 0 unspecified atom stereocenters. The summed E-state index contributed by atoms with van der Waals surface area (Å²) < 4.78 is 4.82. The van der Waals surface area contributed by atoms with Crippen molar-refractivity contribution in [2.24, 2.45) is 4.99 Å². The Balaban J connectivity index is 3.18. The van der Waals surface area contributed by atoms with Gasteiger partial charge in [0.25, 0.3) is 0 Å². The zero-order chi connectivity index (χ0) is 12.8. The summed E-state index contributed by atoms with van der Waals surface area (Å²) in [5, 5.41) is 9.99. The molecule has 0 atom stereocenters. The molecule has 1 N–H and O–H groups in total. The van der Waals surface area contributed by atoms with Crippen LogP contribution in [-0.2, 0) is 9.53 Å². The lowest BCUT2D eigenvalue weighted by Gasteiger charge is -2.08. The number of aliphatic hydroxyl groups is 1. The Morgan fingerprint density at radius 2 is 2.12 bits per heavy atom. The molecule has 0 bridgehead atoms. The molecule has 0 aliphatic rings. The van der Waals surface area contributed by atoms with Crippen LogP contribution in [0.1, 0.15) is 19.4 Å². The SMILES string of the molecule is C=Nc1ccccc1/C(O)=C(\C)C(=O)OCC. The van der Waals surface area contributed by atoms with Crippen LogP contribution in [0.3, 0.4) is 0 Å². The molecule has 4 heteroatoms. The van der Waals surface area contributed by atoms with Crippen LogP contribution >= 0.6 is 0 Å². The molecule has 0 aliphatic heterocycles. The molecule has 0 saturated carbocycles. The monoisotopic (exact) mass is 233 g/mol. The lowest BCUT2D eigenvalue weighted by molar-refractivity contribution is -0.138. The third-order valence-corrected chi connectivity index (χ3v) is 2.27. The smallest absolute Gasteiger partial charge is 0.337 e. The van der Waals surface area contributed by atoms with Gasteiger partial charge in [-0.1, -0.05) is 12.1 Å². The van der Waals surface area contributed by atoms with Crippen molar-refractivity contribution in [2.45, 2.75) is 13.8 Å². The van der Waals surface area contributed by atoms with E-state index in [4.69, 9.17) is 4.74 Å². The average Bonchev–Trinajstić information content (AvgIpc) is 2.37. The maximum Gasteiger partial charge on any atom is 0.337 e. The number of esters is 1. The van der Waals surface area contributed by atoms with Crippen molar-refractivity contribution in [3.05, 3.63) is 35.4 Å². The Labute approximate surface area is 100 Å². The van der Waals surface area contributed by atoms with Gasteiger partial charge in [0.15, 0.2) is 0 Å². The summed E-state index contributed by atoms with van der Waals surface area (Å²) in [5.74, 6) is -0.671. The first-order valence-electron chi connectivity index (χ1n) is 5.24. The first-order valence-corrected chi connectivity index (χ1v) is 5.24. The molecular weight excluding hydrogens is 218 g/mol. The number of nitrogens with zero attached hydrogens (tertiary/aromatic N) is 1. The molecule has 4 nitrogen and oxygen atoms in total. The number of para-hydroxylation sites is 1. The second-order valence-electron chi connectivity index (χ2n) is 3.37. The Morgan fingerprint density at radius 3 is 2.71 bits per heavy atom. The number of aliphatic hydroxyl groups excluding tert-OH is 1. The van der Waals surface area contributed by atoms with Crippen molar-refractivity contribution >= 4 is 24.1 Å². The highest BCUT2D eigenvalue weighted by atomic mass is 16.5. The van der Waals surface area contributed by atoms with Crippen molar-refractivity contribution in [1.29, 1.82) is 0 Å². The predicted molar refractivity (Wildman–Crippen MR) is 67.5 cm³/mol. The molecule has 0 saturated heterocycles. The van der Waals surface area contributed by atoms with E-state index < -0.39 is 5.97 Å². The fourth-order valence-electron chi connectivity index (χ4n) is 1.35. The predicted octanol–water partition coefficient (Wildman–Crippen LogP) is 2.87. The van der Waals surface area contributed by atoms with Crippen LogP contribution in [0.2, 0.25) is 0 Å². The van der Waals surface area contributed by atoms with Crippen molar-refractivity contribution in [2.75, 3.05) is 6.61 Å². The number of rotatable bonds is 4. The molecule has 1 rings (SSSR count). The van der Waals surface area contributed by atoms with Gasteiger partial charge in [-0.25, -0.2) is 4.79 Å². The molecule has 0 amide bonds. The fourth-order valence-corrected chi connectivity index (χ4v) is 1.35. The van der Waals surface area contributed by atoms with E-state index in [1.807, 2.05) is 0 Å². The number of carbonyl (C=O) groups excluding carboxylic acids is 1. The number of hydrogen-bond donors (Lipinski definition) is 1. The van der Waals surface area contributed by atoms with Crippen molar-refractivity contribution in [3.8, 4) is 0 Å². The van der Waals surface area contributed by atoms with Gasteiger partial charge < -0.3 is 9.84 Å². The lowest BCUT2D eigenvalue weighted by atomic mass is 10.1. The number of ether oxygens (including phenoxy) is 1. The minimum atomic E-state index is -0.538. The molecule has 0 aromatic heterocycles. The van der Waals surface area contributed by atoms with Gasteiger partial charge in [0.1, 0.15) is 5.76 Å². The van der Waals surface area contributed by atoms with Crippen LogP contribution in [0.15, 0.2) is 34.8 Å². The topological polar surface area (TPSA) is 58.9 Å². The molecule has 17 heavy (non-hydrogen) atoms. The van der Waals surface area contributed by atoms with Crippen LogP contribution in [-0.4, -0.2) is 24.4 Å². The Hall–Kier alpha value is -2.10. The fraction of sp³-hybridized carbons (Fsp3) is 0.231. The van der Waals surface area contributed by atoms with Gasteiger partial charge in [-0.2, -0.15) is 0 Å². The first kappa shape index (κ1) is 13.0. The molecular formula is C13H15NO3. The summed E-state index contributed by atoms with van der Waals surface area (Å²) in [7, 11) is 0. The van der Waals surface area contributed by atoms with Crippen LogP contribution in [0, 0.1) is 0 Å². The average molecular weight is 233 g/mol. The van der Waals surface area contributed by atoms with Gasteiger partial charge in [0.05, 0.1) is 17.9 Å². The number of carbonyl (C=O) groups is 1. The van der Waals surface area contributed by atoms with E-state index in [2.05, 4.69) is 11.7 Å². The summed E-state index contributed by atoms with van der Waals surface area (Å²) in [6.07, 6.45) is 0. The minimum absolute atomic E-state index is 0.133. The van der Waals surface area contributed by atoms with E-state index in [0.717, 1.165) is 0 Å². The summed E-state index contributed by atoms with van der Waals surface area (Å²) in [5.41, 5.74) is 1.14. The summed E-state index contributed by atoms with van der Waals surface area (Å²) in [6, 6.07) is 6.90. The normalized spacial score (nSPS) is 11.6. The molecule has 0 radical (unpaired) electrons. The van der Waals surface area contributed by atoms with Gasteiger partial charge >= 0.3 is 5.97 Å². The second kappa shape index (κ2) is 5.84. The zero-order valence-electron chi connectivity index (χ0n) is 9.93. The quantitative estimate of drug-likeness (QED) is 0.376. The van der Waals surface area contributed by atoms with Gasteiger partial charge in [-0.15, -0.1) is 0 Å². The van der Waals surface area contributed by atoms with E-state index in [0.29, 0.717) is 11.3 Å². The third-order valence-electron chi connectivity index (χ3n) is 2.27. The molecule has 0 aliphatic carbocycles. The van der Waals surface area contributed by atoms with Gasteiger partial charge in [-0.05, 0) is 32.7 Å². The van der Waals surface area contributed by atoms with E-state index >= 15 is 0 Å². The van der Waals surface area contributed by atoms with E-state index in [-0.39, 0.29) is 17.9 Å². The van der Waals surface area contributed by atoms with Crippen molar-refractivity contribution in [3.63, 3.8) is 0 Å². The van der Waals surface area contributed by atoms with Crippen LogP contribution in [0.25, 0.3) is 5.76 Å². The Kier molecular flexibility index (Phi) is 4.46. The molecule has 1 aromatic rings. The standard InChI is InChI=1S/C13H15NO3/c1-4-17-13(16)9(2)12(15)10-7-5-6-8-11(10)14-3/h5-8,15H,3-4H2,1-2H3/b12-9-. The van der Waals surface area contributed by atoms with E-state index in [1.165, 1.54) is 6.92 Å². The maximum atomic E-state index is 11.5. The summed E-state index contributed by atoms with van der Waals surface area (Å²) >= 11 is 0. The lowest BCUT2D eigenvalue weighted by Crippen LogP contribution is -2.07. The van der Waals surface area contributed by atoms with E-state index in [9.17, 15) is 9.90 Å². The van der Waals surface area contributed by atoms with Crippen LogP contribution < -0.4 is 0 Å². The zero-order valence-corrected chi connectivity index (χ0v) is 9.93. The second-order valence-corrected chi connectivity index (χ2v) is 3.37. The van der Waals surface area contributed by atoms with E-state index in [1.54, 1.807) is 31.2 Å². The summed E-state index contributed by atoms with van der Waals surface area (Å²) in [6.45, 7) is 6.90. The highest BCUT2D eigenvalue weighted by Gasteiger charge is 2.14. The Morgan fingerprint density at radius 1 is 1.47 bits per heavy atom. The molecule has 0 heterocycles. The minimum Gasteiger partial charge on any atom is -0.507 e. The molecule has 1 aromatic carbocycles. The van der Waals surface area contributed by atoms with Crippen molar-refractivity contribution < 1.29 is 14.6 Å². The maximum absolute atomic E-state index is 11.5. The number of hydrogen-bond acceptors (Lipinski definition) is 4. The van der Waals surface area contributed by atoms with Crippen LogP contribution in [0.4, 0.5) is 5.69 Å². The third kappa shape index (κ3) is 2.93. The molecule has 0 spiro atoms. The van der Waals surface area contributed by atoms with Gasteiger partial charge in [0.2, 0.25) is 0 Å². The van der Waals surface area contributed by atoms with Crippen molar-refractivity contribution in [1.82, 2.24) is 0 Å². The Bertz CT molecular complexity index is 463. The number of benzene rings is 1. The molecule has 0 fully saturated rings. The molecule has 90 valence electrons. The number of aliphatic imine (C=N–C) groups is 1. The highest BCUT2D eigenvalue weighted by molar-refractivity contribution is 5.96. The largest absolute Gasteiger partial charge is 0.507 e. The first-order chi connectivity index (χ1) is 8.11.